The van der Waals surface area contributed by atoms with Crippen LogP contribution in [0.15, 0.2) is 29.2 Å². The fraction of sp³-hybridized carbons (Fsp3) is 0.600. The lowest BCUT2D eigenvalue weighted by Gasteiger charge is -2.31. The van der Waals surface area contributed by atoms with E-state index >= 15 is 0 Å². The molecule has 2 aliphatic rings. The van der Waals surface area contributed by atoms with Gasteiger partial charge in [0.15, 0.2) is 0 Å². The number of carbonyl (C=O) groups excluding carboxylic acids is 2. The highest BCUT2D eigenvalue weighted by molar-refractivity contribution is 8.00. The fourth-order valence-corrected chi connectivity index (χ4v) is 5.71. The SMILES string of the molecule is CN(C(=O)CSc1ccccc1C(=O)N1CCS(=O)CC1)C1CCCCC1. The number of thioether (sulfide) groups is 1. The Morgan fingerprint density at radius 2 is 1.81 bits per heavy atom. The maximum Gasteiger partial charge on any atom is 0.255 e. The molecule has 148 valence electrons. The number of nitrogens with zero attached hydrogens (tertiary/aromatic N) is 2. The summed E-state index contributed by atoms with van der Waals surface area (Å²) in [6.45, 7) is 1.07. The minimum Gasteiger partial charge on any atom is -0.342 e. The number of amides is 2. The van der Waals surface area contributed by atoms with E-state index < -0.39 is 10.8 Å². The van der Waals surface area contributed by atoms with Gasteiger partial charge in [0.2, 0.25) is 5.91 Å². The summed E-state index contributed by atoms with van der Waals surface area (Å²) in [5, 5.41) is 0. The van der Waals surface area contributed by atoms with Crippen LogP contribution in [-0.4, -0.2) is 69.3 Å². The summed E-state index contributed by atoms with van der Waals surface area (Å²) in [4.78, 5) is 30.0. The van der Waals surface area contributed by atoms with Gasteiger partial charge in [0.1, 0.15) is 0 Å². The summed E-state index contributed by atoms with van der Waals surface area (Å²) in [6.07, 6.45) is 5.87. The van der Waals surface area contributed by atoms with Crippen LogP contribution < -0.4 is 0 Å². The number of hydrogen-bond acceptors (Lipinski definition) is 4. The predicted octanol–water partition coefficient (Wildman–Crippen LogP) is 2.77. The summed E-state index contributed by atoms with van der Waals surface area (Å²) in [5.41, 5.74) is 0.642. The Kier molecular flexibility index (Phi) is 7.35. The molecule has 0 radical (unpaired) electrons. The van der Waals surface area contributed by atoms with Crippen LogP contribution in [0.25, 0.3) is 0 Å². The molecule has 3 rings (SSSR count). The van der Waals surface area contributed by atoms with Crippen LogP contribution in [-0.2, 0) is 15.6 Å². The molecular weight excluding hydrogens is 380 g/mol. The van der Waals surface area contributed by atoms with Gasteiger partial charge >= 0.3 is 0 Å². The molecule has 0 unspecified atom stereocenters. The van der Waals surface area contributed by atoms with Crippen molar-refractivity contribution in [1.29, 1.82) is 0 Å². The minimum atomic E-state index is -0.806. The summed E-state index contributed by atoms with van der Waals surface area (Å²) in [6, 6.07) is 7.85. The first kappa shape index (κ1) is 20.4. The van der Waals surface area contributed by atoms with E-state index in [0.717, 1.165) is 17.7 Å². The molecule has 2 amide bonds. The van der Waals surface area contributed by atoms with E-state index in [-0.39, 0.29) is 11.8 Å². The molecule has 0 atom stereocenters. The van der Waals surface area contributed by atoms with Crippen LogP contribution in [0.4, 0.5) is 0 Å². The summed E-state index contributed by atoms with van der Waals surface area (Å²) in [7, 11) is 1.10. The number of rotatable bonds is 5. The highest BCUT2D eigenvalue weighted by atomic mass is 32.2. The van der Waals surface area contributed by atoms with Crippen LogP contribution in [0, 0.1) is 0 Å². The van der Waals surface area contributed by atoms with Crippen LogP contribution in [0.2, 0.25) is 0 Å². The van der Waals surface area contributed by atoms with Gasteiger partial charge in [-0.2, -0.15) is 0 Å². The first-order valence-corrected chi connectivity index (χ1v) is 12.2. The van der Waals surface area contributed by atoms with Crippen molar-refractivity contribution in [3.05, 3.63) is 29.8 Å². The molecule has 0 aromatic heterocycles. The van der Waals surface area contributed by atoms with Gasteiger partial charge < -0.3 is 9.80 Å². The molecule has 1 saturated heterocycles. The first-order valence-electron chi connectivity index (χ1n) is 9.68. The van der Waals surface area contributed by atoms with E-state index in [0.29, 0.717) is 42.0 Å². The van der Waals surface area contributed by atoms with Gasteiger partial charge in [0.05, 0.1) is 11.3 Å². The van der Waals surface area contributed by atoms with Gasteiger partial charge in [-0.25, -0.2) is 0 Å². The van der Waals surface area contributed by atoms with Crippen LogP contribution in [0.3, 0.4) is 0 Å². The monoisotopic (exact) mass is 408 g/mol. The Morgan fingerprint density at radius 1 is 1.15 bits per heavy atom. The zero-order valence-electron chi connectivity index (χ0n) is 15.9. The standard InChI is InChI=1S/C20H28N2O3S2/c1-21(16-7-3-2-4-8-16)19(23)15-26-18-10-6-5-9-17(18)20(24)22-11-13-27(25)14-12-22/h5-6,9-10,16H,2-4,7-8,11-15H2,1H3. The van der Waals surface area contributed by atoms with Crippen molar-refractivity contribution in [3.63, 3.8) is 0 Å². The van der Waals surface area contributed by atoms with Crippen LogP contribution in [0.5, 0.6) is 0 Å². The molecule has 1 aliphatic heterocycles. The molecular formula is C20H28N2O3S2. The smallest absolute Gasteiger partial charge is 0.255 e. The topological polar surface area (TPSA) is 57.7 Å². The third kappa shape index (κ3) is 5.35. The van der Waals surface area contributed by atoms with E-state index in [4.69, 9.17) is 0 Å². The third-order valence-corrected chi connectivity index (χ3v) is 7.78. The zero-order chi connectivity index (χ0) is 19.2. The molecule has 1 aliphatic carbocycles. The Morgan fingerprint density at radius 3 is 2.52 bits per heavy atom. The first-order chi connectivity index (χ1) is 13.1. The largest absolute Gasteiger partial charge is 0.342 e. The Labute approximate surface area is 168 Å². The molecule has 0 spiro atoms. The lowest BCUT2D eigenvalue weighted by atomic mass is 9.94. The highest BCUT2D eigenvalue weighted by Crippen LogP contribution is 2.26. The highest BCUT2D eigenvalue weighted by Gasteiger charge is 2.25. The number of benzene rings is 1. The Bertz CT molecular complexity index is 694. The van der Waals surface area contributed by atoms with Gasteiger partial charge in [-0.15, -0.1) is 11.8 Å². The lowest BCUT2D eigenvalue weighted by molar-refractivity contribution is -0.129. The van der Waals surface area contributed by atoms with Gasteiger partial charge in [-0.3, -0.25) is 13.8 Å². The minimum absolute atomic E-state index is 0.0251. The van der Waals surface area contributed by atoms with E-state index in [1.807, 2.05) is 36.2 Å². The predicted molar refractivity (Wildman–Crippen MR) is 111 cm³/mol. The molecule has 2 fully saturated rings. The average molecular weight is 409 g/mol. The summed E-state index contributed by atoms with van der Waals surface area (Å²) >= 11 is 1.44. The second-order valence-electron chi connectivity index (χ2n) is 7.22. The second kappa shape index (κ2) is 9.73. The second-order valence-corrected chi connectivity index (χ2v) is 9.93. The molecule has 1 aromatic carbocycles. The molecule has 1 aromatic rings. The van der Waals surface area contributed by atoms with Crippen molar-refractivity contribution in [2.24, 2.45) is 0 Å². The van der Waals surface area contributed by atoms with Gasteiger partial charge in [0, 0.05) is 53.4 Å². The lowest BCUT2D eigenvalue weighted by Crippen LogP contribution is -2.42. The van der Waals surface area contributed by atoms with E-state index in [1.165, 1.54) is 31.0 Å². The zero-order valence-corrected chi connectivity index (χ0v) is 17.5. The molecule has 27 heavy (non-hydrogen) atoms. The Balaban J connectivity index is 1.61. The normalized spacial score (nSPS) is 19.1. The molecule has 5 nitrogen and oxygen atoms in total. The fourth-order valence-electron chi connectivity index (χ4n) is 3.69. The van der Waals surface area contributed by atoms with E-state index in [9.17, 15) is 13.8 Å². The van der Waals surface area contributed by atoms with Crippen LogP contribution >= 0.6 is 11.8 Å². The maximum atomic E-state index is 12.9. The number of carbonyl (C=O) groups is 2. The van der Waals surface area contributed by atoms with Crippen molar-refractivity contribution >= 4 is 34.4 Å². The van der Waals surface area contributed by atoms with Gasteiger partial charge in [0.25, 0.3) is 5.91 Å². The van der Waals surface area contributed by atoms with Crippen molar-refractivity contribution in [2.45, 2.75) is 43.0 Å². The molecule has 0 N–H and O–H groups in total. The van der Waals surface area contributed by atoms with Crippen LogP contribution in [0.1, 0.15) is 42.5 Å². The quantitative estimate of drug-likeness (QED) is 0.703. The average Bonchev–Trinajstić information content (AvgIpc) is 2.72. The van der Waals surface area contributed by atoms with Gasteiger partial charge in [-0.05, 0) is 25.0 Å². The van der Waals surface area contributed by atoms with E-state index in [1.54, 1.807) is 4.90 Å². The molecule has 7 heteroatoms. The third-order valence-electron chi connectivity index (χ3n) is 5.45. The van der Waals surface area contributed by atoms with Crippen molar-refractivity contribution in [3.8, 4) is 0 Å². The maximum absolute atomic E-state index is 12.9. The summed E-state index contributed by atoms with van der Waals surface area (Å²) in [5.74, 6) is 1.55. The molecule has 0 bridgehead atoms. The van der Waals surface area contributed by atoms with E-state index in [2.05, 4.69) is 0 Å². The summed E-state index contributed by atoms with van der Waals surface area (Å²) < 4.78 is 11.5. The van der Waals surface area contributed by atoms with Crippen molar-refractivity contribution in [1.82, 2.24) is 9.80 Å². The van der Waals surface area contributed by atoms with Gasteiger partial charge in [-0.1, -0.05) is 31.4 Å². The molecule has 1 heterocycles. The Hall–Kier alpha value is -1.34. The molecule has 1 saturated carbocycles. The van der Waals surface area contributed by atoms with Crippen molar-refractivity contribution in [2.75, 3.05) is 37.4 Å². The number of hydrogen-bond donors (Lipinski definition) is 0. The van der Waals surface area contributed by atoms with Crippen molar-refractivity contribution < 1.29 is 13.8 Å².